The number of nitrogens with two attached hydrogens (primary N) is 1. The largest absolute Gasteiger partial charge is 0.382 e. The molecule has 0 saturated heterocycles. The summed E-state index contributed by atoms with van der Waals surface area (Å²) in [5.74, 6) is 0.360. The van der Waals surface area contributed by atoms with Crippen LogP contribution < -0.4 is 11.1 Å². The Kier molecular flexibility index (Phi) is 4.12. The van der Waals surface area contributed by atoms with Crippen molar-refractivity contribution in [3.63, 3.8) is 0 Å². The number of carbonyl (C=O) groups is 1. The van der Waals surface area contributed by atoms with E-state index in [0.717, 1.165) is 0 Å². The smallest absolute Gasteiger partial charge is 0.234 e. The molecule has 0 atom stereocenters. The minimum Gasteiger partial charge on any atom is -0.382 e. The van der Waals surface area contributed by atoms with Gasteiger partial charge in [0.15, 0.2) is 16.6 Å². The molecule has 112 valence electrons. The SMILES string of the molecule is Nc1ncnc2nc(SCC(=O)Nc3cccc(Cl)c3)[nH]c12. The molecular weight excluding hydrogens is 324 g/mol. The van der Waals surface area contributed by atoms with E-state index in [0.29, 0.717) is 32.8 Å². The van der Waals surface area contributed by atoms with Gasteiger partial charge in [-0.2, -0.15) is 0 Å². The van der Waals surface area contributed by atoms with Crippen molar-refractivity contribution in [2.24, 2.45) is 0 Å². The highest BCUT2D eigenvalue weighted by molar-refractivity contribution is 7.99. The first-order valence-electron chi connectivity index (χ1n) is 6.26. The summed E-state index contributed by atoms with van der Waals surface area (Å²) in [5.41, 5.74) is 7.42. The van der Waals surface area contributed by atoms with Crippen LogP contribution in [0.5, 0.6) is 0 Å². The van der Waals surface area contributed by atoms with Crippen LogP contribution in [0.15, 0.2) is 35.7 Å². The number of thioether (sulfide) groups is 1. The van der Waals surface area contributed by atoms with Crippen LogP contribution in [0.3, 0.4) is 0 Å². The number of benzene rings is 1. The van der Waals surface area contributed by atoms with E-state index in [-0.39, 0.29) is 11.7 Å². The van der Waals surface area contributed by atoms with E-state index >= 15 is 0 Å². The maximum absolute atomic E-state index is 11.9. The molecular formula is C13H11ClN6OS. The minimum atomic E-state index is -0.160. The lowest BCUT2D eigenvalue weighted by molar-refractivity contribution is -0.113. The molecule has 3 aromatic rings. The van der Waals surface area contributed by atoms with Crippen molar-refractivity contribution in [3.05, 3.63) is 35.6 Å². The first kappa shape index (κ1) is 14.6. The van der Waals surface area contributed by atoms with Crippen molar-refractivity contribution in [2.75, 3.05) is 16.8 Å². The van der Waals surface area contributed by atoms with Crippen molar-refractivity contribution >= 4 is 51.9 Å². The average molecular weight is 335 g/mol. The number of fused-ring (bicyclic) bond motifs is 1. The Balaban J connectivity index is 1.63. The van der Waals surface area contributed by atoms with Crippen molar-refractivity contribution < 1.29 is 4.79 Å². The number of amides is 1. The summed E-state index contributed by atoms with van der Waals surface area (Å²) in [5, 5.41) is 3.88. The maximum Gasteiger partial charge on any atom is 0.234 e. The Hall–Kier alpha value is -2.32. The minimum absolute atomic E-state index is 0.160. The Morgan fingerprint density at radius 1 is 1.41 bits per heavy atom. The molecule has 0 spiro atoms. The van der Waals surface area contributed by atoms with Gasteiger partial charge in [-0.25, -0.2) is 15.0 Å². The number of aromatic nitrogens is 4. The molecule has 0 fully saturated rings. The van der Waals surface area contributed by atoms with E-state index in [9.17, 15) is 4.79 Å². The van der Waals surface area contributed by atoms with Crippen LogP contribution >= 0.6 is 23.4 Å². The Morgan fingerprint density at radius 2 is 2.27 bits per heavy atom. The van der Waals surface area contributed by atoms with E-state index in [1.165, 1.54) is 18.1 Å². The zero-order chi connectivity index (χ0) is 15.5. The number of aromatic amines is 1. The first-order chi connectivity index (χ1) is 10.6. The molecule has 2 heterocycles. The molecule has 0 aliphatic carbocycles. The number of nitrogens with zero attached hydrogens (tertiary/aromatic N) is 3. The van der Waals surface area contributed by atoms with Crippen molar-refractivity contribution in [2.45, 2.75) is 5.16 Å². The van der Waals surface area contributed by atoms with Crippen LogP contribution in [0.1, 0.15) is 0 Å². The molecule has 0 unspecified atom stereocenters. The second-order valence-corrected chi connectivity index (χ2v) is 5.75. The van der Waals surface area contributed by atoms with Gasteiger partial charge in [-0.3, -0.25) is 4.79 Å². The number of rotatable bonds is 4. The van der Waals surface area contributed by atoms with Gasteiger partial charge in [0.2, 0.25) is 5.91 Å². The normalized spacial score (nSPS) is 10.8. The van der Waals surface area contributed by atoms with Gasteiger partial charge in [-0.1, -0.05) is 29.4 Å². The number of nitrogens with one attached hydrogen (secondary N) is 2. The van der Waals surface area contributed by atoms with Crippen molar-refractivity contribution in [3.8, 4) is 0 Å². The van der Waals surface area contributed by atoms with Gasteiger partial charge >= 0.3 is 0 Å². The second-order valence-electron chi connectivity index (χ2n) is 4.35. The van der Waals surface area contributed by atoms with Crippen molar-refractivity contribution in [1.82, 2.24) is 19.9 Å². The van der Waals surface area contributed by atoms with Gasteiger partial charge < -0.3 is 16.0 Å². The van der Waals surface area contributed by atoms with Crippen LogP contribution in [0.4, 0.5) is 11.5 Å². The van der Waals surface area contributed by atoms with Crippen LogP contribution in [0.2, 0.25) is 5.02 Å². The molecule has 22 heavy (non-hydrogen) atoms. The molecule has 0 radical (unpaired) electrons. The number of imidazole rings is 1. The van der Waals surface area contributed by atoms with Crippen molar-refractivity contribution in [1.29, 1.82) is 0 Å². The summed E-state index contributed by atoms with van der Waals surface area (Å²) in [6.45, 7) is 0. The molecule has 0 bridgehead atoms. The lowest BCUT2D eigenvalue weighted by atomic mass is 10.3. The third-order valence-electron chi connectivity index (χ3n) is 2.74. The van der Waals surface area contributed by atoms with E-state index in [1.54, 1.807) is 24.3 Å². The molecule has 4 N–H and O–H groups in total. The number of carbonyl (C=O) groups excluding carboxylic acids is 1. The summed E-state index contributed by atoms with van der Waals surface area (Å²) < 4.78 is 0. The van der Waals surface area contributed by atoms with E-state index in [2.05, 4.69) is 25.3 Å². The van der Waals surface area contributed by atoms with Crippen LogP contribution in [0.25, 0.3) is 11.2 Å². The summed E-state index contributed by atoms with van der Waals surface area (Å²) in [6.07, 6.45) is 1.35. The van der Waals surface area contributed by atoms with Gasteiger partial charge in [0, 0.05) is 10.7 Å². The molecule has 0 aliphatic rings. The maximum atomic E-state index is 11.9. The number of H-pyrrole nitrogens is 1. The topological polar surface area (TPSA) is 110 Å². The fraction of sp³-hybridized carbons (Fsp3) is 0.0769. The standard InChI is InChI=1S/C13H11ClN6OS/c14-7-2-1-3-8(4-7)18-9(21)5-22-13-19-10-11(15)16-6-17-12(10)20-13/h1-4,6H,5H2,(H,18,21)(H3,15,16,17,19,20). The molecule has 3 rings (SSSR count). The molecule has 1 aromatic carbocycles. The second kappa shape index (κ2) is 6.20. The number of halogens is 1. The van der Waals surface area contributed by atoms with Gasteiger partial charge in [-0.15, -0.1) is 0 Å². The summed E-state index contributed by atoms with van der Waals surface area (Å²) in [6, 6.07) is 6.96. The highest BCUT2D eigenvalue weighted by Crippen LogP contribution is 2.21. The zero-order valence-corrected chi connectivity index (χ0v) is 12.8. The lowest BCUT2D eigenvalue weighted by Gasteiger charge is -2.04. The molecule has 1 amide bonds. The fourth-order valence-corrected chi connectivity index (χ4v) is 2.65. The number of nitrogen functional groups attached to an aromatic ring is 1. The molecule has 9 heteroatoms. The highest BCUT2D eigenvalue weighted by atomic mass is 35.5. The van der Waals surface area contributed by atoms with E-state index < -0.39 is 0 Å². The molecule has 7 nitrogen and oxygen atoms in total. The van der Waals surface area contributed by atoms with E-state index in [1.807, 2.05) is 0 Å². The Labute approximate surface area is 134 Å². The quantitative estimate of drug-likeness (QED) is 0.632. The predicted molar refractivity (Wildman–Crippen MR) is 86.9 cm³/mol. The molecule has 2 aromatic heterocycles. The third-order valence-corrected chi connectivity index (χ3v) is 3.85. The summed E-state index contributed by atoms with van der Waals surface area (Å²) >= 11 is 7.12. The van der Waals surface area contributed by atoms with Gasteiger partial charge in [0.1, 0.15) is 11.8 Å². The van der Waals surface area contributed by atoms with Crippen LogP contribution in [-0.2, 0) is 4.79 Å². The number of anilines is 2. The lowest BCUT2D eigenvalue weighted by Crippen LogP contribution is -2.14. The van der Waals surface area contributed by atoms with Gasteiger partial charge in [0.25, 0.3) is 0 Å². The fourth-order valence-electron chi connectivity index (χ4n) is 1.79. The zero-order valence-electron chi connectivity index (χ0n) is 11.2. The van der Waals surface area contributed by atoms with Crippen LogP contribution in [-0.4, -0.2) is 31.6 Å². The third kappa shape index (κ3) is 3.29. The van der Waals surface area contributed by atoms with Gasteiger partial charge in [0.05, 0.1) is 5.75 Å². The highest BCUT2D eigenvalue weighted by Gasteiger charge is 2.10. The van der Waals surface area contributed by atoms with Gasteiger partial charge in [-0.05, 0) is 18.2 Å². The molecule has 0 saturated carbocycles. The van der Waals surface area contributed by atoms with E-state index in [4.69, 9.17) is 17.3 Å². The number of hydrogen-bond acceptors (Lipinski definition) is 6. The summed E-state index contributed by atoms with van der Waals surface area (Å²) in [7, 11) is 0. The molecule has 0 aliphatic heterocycles. The first-order valence-corrected chi connectivity index (χ1v) is 7.62. The Bertz CT molecular complexity index is 836. The Morgan fingerprint density at radius 3 is 3.05 bits per heavy atom. The monoisotopic (exact) mass is 334 g/mol. The summed E-state index contributed by atoms with van der Waals surface area (Å²) in [4.78, 5) is 27.0. The predicted octanol–water partition coefficient (Wildman–Crippen LogP) is 2.32. The average Bonchev–Trinajstić information content (AvgIpc) is 2.90. The number of hydrogen-bond donors (Lipinski definition) is 3. The van der Waals surface area contributed by atoms with Crippen LogP contribution in [0, 0.1) is 0 Å².